The highest BCUT2D eigenvalue weighted by molar-refractivity contribution is 9.10. The van der Waals surface area contributed by atoms with Crippen molar-refractivity contribution in [1.82, 2.24) is 10.3 Å². The summed E-state index contributed by atoms with van der Waals surface area (Å²) in [7, 11) is 0. The molecule has 0 saturated carbocycles. The summed E-state index contributed by atoms with van der Waals surface area (Å²) in [6.07, 6.45) is 2.23. The number of aromatic nitrogens is 1. The normalized spacial score (nSPS) is 11.9. The van der Waals surface area contributed by atoms with Crippen LogP contribution in [-0.4, -0.2) is 28.8 Å². The zero-order valence-corrected chi connectivity index (χ0v) is 15.8. The zero-order valence-electron chi connectivity index (χ0n) is 14.2. The van der Waals surface area contributed by atoms with E-state index < -0.39 is 0 Å². The highest BCUT2D eigenvalue weighted by Crippen LogP contribution is 2.23. The molecule has 0 saturated heterocycles. The Kier molecular flexibility index (Phi) is 7.21. The number of ether oxygens (including phenoxy) is 1. The maximum atomic E-state index is 12.0. The van der Waals surface area contributed by atoms with Crippen LogP contribution in [0.2, 0.25) is 0 Å². The Morgan fingerprint density at radius 3 is 2.72 bits per heavy atom. The van der Waals surface area contributed by atoms with Crippen LogP contribution in [0.5, 0.6) is 11.6 Å². The van der Waals surface area contributed by atoms with Crippen molar-refractivity contribution in [2.24, 2.45) is 5.92 Å². The van der Waals surface area contributed by atoms with Crippen LogP contribution < -0.4 is 15.4 Å². The lowest BCUT2D eigenvalue weighted by atomic mass is 10.0. The molecule has 2 amide bonds. The number of anilines is 1. The van der Waals surface area contributed by atoms with E-state index in [1.54, 1.807) is 12.1 Å². The SMILES string of the molecule is CC(C)CC(CO)NC(=O)Nc1ccc(Oc2cccc(Br)c2)nc1. The quantitative estimate of drug-likeness (QED) is 0.642. The number of rotatable bonds is 7. The molecule has 6 nitrogen and oxygen atoms in total. The maximum absolute atomic E-state index is 12.0. The van der Waals surface area contributed by atoms with Gasteiger partial charge in [0, 0.05) is 10.5 Å². The monoisotopic (exact) mass is 407 g/mol. The van der Waals surface area contributed by atoms with Gasteiger partial charge in [-0.2, -0.15) is 0 Å². The average Bonchev–Trinajstić information content (AvgIpc) is 2.55. The van der Waals surface area contributed by atoms with Crippen LogP contribution >= 0.6 is 15.9 Å². The number of benzene rings is 1. The smallest absolute Gasteiger partial charge is 0.319 e. The fourth-order valence-electron chi connectivity index (χ4n) is 2.27. The molecule has 0 radical (unpaired) electrons. The van der Waals surface area contributed by atoms with Gasteiger partial charge in [0.25, 0.3) is 0 Å². The fourth-order valence-corrected chi connectivity index (χ4v) is 2.64. The van der Waals surface area contributed by atoms with Gasteiger partial charge in [-0.15, -0.1) is 0 Å². The third kappa shape index (κ3) is 6.72. The first kappa shape index (κ1) is 19.2. The highest BCUT2D eigenvalue weighted by Gasteiger charge is 2.13. The first-order valence-corrected chi connectivity index (χ1v) is 8.83. The van der Waals surface area contributed by atoms with Gasteiger partial charge in [0.2, 0.25) is 5.88 Å². The number of carbonyl (C=O) groups excluding carboxylic acids is 1. The van der Waals surface area contributed by atoms with Crippen molar-refractivity contribution in [1.29, 1.82) is 0 Å². The standard InChI is InChI=1S/C18H22BrN3O3/c1-12(2)8-15(11-23)22-18(24)21-14-6-7-17(20-10-14)25-16-5-3-4-13(19)9-16/h3-7,9-10,12,15,23H,8,11H2,1-2H3,(H2,21,22,24). The van der Waals surface area contributed by atoms with Crippen molar-refractivity contribution < 1.29 is 14.6 Å². The van der Waals surface area contributed by atoms with Crippen LogP contribution in [-0.2, 0) is 0 Å². The summed E-state index contributed by atoms with van der Waals surface area (Å²) in [4.78, 5) is 16.2. The highest BCUT2D eigenvalue weighted by atomic mass is 79.9. The van der Waals surface area contributed by atoms with E-state index in [0.29, 0.717) is 29.7 Å². The van der Waals surface area contributed by atoms with Crippen molar-refractivity contribution in [3.05, 3.63) is 47.1 Å². The van der Waals surface area contributed by atoms with E-state index in [1.165, 1.54) is 6.20 Å². The predicted molar refractivity (Wildman–Crippen MR) is 101 cm³/mol. The lowest BCUT2D eigenvalue weighted by Crippen LogP contribution is -2.40. The molecular weight excluding hydrogens is 386 g/mol. The Bertz CT molecular complexity index is 692. The number of aliphatic hydroxyl groups is 1. The van der Waals surface area contributed by atoms with Crippen LogP contribution in [0.1, 0.15) is 20.3 Å². The van der Waals surface area contributed by atoms with Gasteiger partial charge in [-0.25, -0.2) is 9.78 Å². The van der Waals surface area contributed by atoms with Crippen LogP contribution in [0.25, 0.3) is 0 Å². The van der Waals surface area contributed by atoms with Gasteiger partial charge in [0.1, 0.15) is 5.75 Å². The molecule has 0 aliphatic carbocycles. The number of hydrogen-bond donors (Lipinski definition) is 3. The van der Waals surface area contributed by atoms with Crippen LogP contribution in [0.3, 0.4) is 0 Å². The second-order valence-corrected chi connectivity index (χ2v) is 6.97. The Hall–Kier alpha value is -2.12. The van der Waals surface area contributed by atoms with Gasteiger partial charge in [0.15, 0.2) is 0 Å². The predicted octanol–water partition coefficient (Wildman–Crippen LogP) is 4.16. The minimum absolute atomic E-state index is 0.0940. The van der Waals surface area contributed by atoms with Crippen LogP contribution in [0.15, 0.2) is 47.1 Å². The summed E-state index contributed by atoms with van der Waals surface area (Å²) in [6.45, 7) is 3.98. The molecule has 1 atom stereocenters. The van der Waals surface area contributed by atoms with Gasteiger partial charge >= 0.3 is 6.03 Å². The number of pyridine rings is 1. The summed E-state index contributed by atoms with van der Waals surface area (Å²) in [6, 6.07) is 10.2. The molecule has 0 aliphatic rings. The topological polar surface area (TPSA) is 83.5 Å². The molecule has 2 rings (SSSR count). The van der Waals surface area contributed by atoms with E-state index >= 15 is 0 Å². The number of nitrogens with one attached hydrogen (secondary N) is 2. The van der Waals surface area contributed by atoms with Gasteiger partial charge in [-0.1, -0.05) is 35.8 Å². The number of amides is 2. The Morgan fingerprint density at radius 2 is 2.12 bits per heavy atom. The number of carbonyl (C=O) groups is 1. The van der Waals surface area contributed by atoms with E-state index in [-0.39, 0.29) is 18.7 Å². The first-order chi connectivity index (χ1) is 12.0. The largest absolute Gasteiger partial charge is 0.439 e. The molecule has 0 spiro atoms. The minimum Gasteiger partial charge on any atom is -0.439 e. The number of nitrogens with zero attached hydrogens (tertiary/aromatic N) is 1. The van der Waals surface area contributed by atoms with E-state index in [2.05, 4.69) is 31.5 Å². The number of hydrogen-bond acceptors (Lipinski definition) is 4. The van der Waals surface area contributed by atoms with E-state index in [4.69, 9.17) is 4.74 Å². The zero-order chi connectivity index (χ0) is 18.2. The molecule has 1 aromatic carbocycles. The second kappa shape index (κ2) is 9.39. The van der Waals surface area contributed by atoms with Gasteiger partial charge in [-0.05, 0) is 36.6 Å². The van der Waals surface area contributed by atoms with Crippen LogP contribution in [0, 0.1) is 5.92 Å². The summed E-state index contributed by atoms with van der Waals surface area (Å²) in [5.41, 5.74) is 0.542. The van der Waals surface area contributed by atoms with Crippen molar-refractivity contribution >= 4 is 27.6 Å². The average molecular weight is 408 g/mol. The molecular formula is C18H22BrN3O3. The Balaban J connectivity index is 1.90. The maximum Gasteiger partial charge on any atom is 0.319 e. The Morgan fingerprint density at radius 1 is 1.32 bits per heavy atom. The summed E-state index contributed by atoms with van der Waals surface area (Å²) < 4.78 is 6.56. The molecule has 0 fully saturated rings. The van der Waals surface area contributed by atoms with Gasteiger partial charge in [0.05, 0.1) is 24.5 Å². The van der Waals surface area contributed by atoms with Gasteiger partial charge < -0.3 is 20.5 Å². The number of urea groups is 1. The third-order valence-electron chi connectivity index (χ3n) is 3.32. The summed E-state index contributed by atoms with van der Waals surface area (Å²) in [5, 5.41) is 14.7. The van der Waals surface area contributed by atoms with Crippen LogP contribution in [0.4, 0.5) is 10.5 Å². The molecule has 3 N–H and O–H groups in total. The van der Waals surface area contributed by atoms with E-state index in [0.717, 1.165) is 4.47 Å². The fraction of sp³-hybridized carbons (Fsp3) is 0.333. The molecule has 2 aromatic rings. The second-order valence-electron chi connectivity index (χ2n) is 6.05. The van der Waals surface area contributed by atoms with Crippen molar-refractivity contribution in [3.8, 4) is 11.6 Å². The Labute approximate surface area is 155 Å². The first-order valence-electron chi connectivity index (χ1n) is 8.04. The molecule has 0 bridgehead atoms. The molecule has 1 aromatic heterocycles. The molecule has 1 unspecified atom stereocenters. The van der Waals surface area contributed by atoms with Gasteiger partial charge in [-0.3, -0.25) is 0 Å². The van der Waals surface area contributed by atoms with Crippen molar-refractivity contribution in [2.75, 3.05) is 11.9 Å². The number of aliphatic hydroxyl groups excluding tert-OH is 1. The van der Waals surface area contributed by atoms with E-state index in [1.807, 2.05) is 38.1 Å². The summed E-state index contributed by atoms with van der Waals surface area (Å²) in [5.74, 6) is 1.48. The lowest BCUT2D eigenvalue weighted by molar-refractivity contribution is 0.214. The molecule has 0 aliphatic heterocycles. The minimum atomic E-state index is -0.373. The number of halogens is 1. The van der Waals surface area contributed by atoms with Crippen molar-refractivity contribution in [2.45, 2.75) is 26.3 Å². The molecule has 134 valence electrons. The molecule has 7 heteroatoms. The van der Waals surface area contributed by atoms with Crippen molar-refractivity contribution in [3.63, 3.8) is 0 Å². The molecule has 1 heterocycles. The molecule has 25 heavy (non-hydrogen) atoms. The summed E-state index contributed by atoms with van der Waals surface area (Å²) >= 11 is 3.38. The lowest BCUT2D eigenvalue weighted by Gasteiger charge is -2.18. The third-order valence-corrected chi connectivity index (χ3v) is 3.82. The van der Waals surface area contributed by atoms with E-state index in [9.17, 15) is 9.90 Å².